The quantitative estimate of drug-likeness (QED) is 0.657. The first-order chi connectivity index (χ1) is 11.3. The summed E-state index contributed by atoms with van der Waals surface area (Å²) < 4.78 is 26.9. The molecule has 10 heteroatoms. The Labute approximate surface area is 175 Å². The summed E-state index contributed by atoms with van der Waals surface area (Å²) in [5.41, 5.74) is 2.11. The summed E-state index contributed by atoms with van der Waals surface area (Å²) in [6.45, 7) is 5.41. The summed E-state index contributed by atoms with van der Waals surface area (Å²) in [6.07, 6.45) is 2.68. The number of benzene rings is 1. The number of rotatable bonds is 5. The van der Waals surface area contributed by atoms with Gasteiger partial charge in [0.1, 0.15) is 4.90 Å². The van der Waals surface area contributed by atoms with Gasteiger partial charge in [0.25, 0.3) is 10.0 Å². The van der Waals surface area contributed by atoms with Crippen LogP contribution in [0.4, 0.5) is 16.2 Å². The summed E-state index contributed by atoms with van der Waals surface area (Å²) >= 11 is 0. The third kappa shape index (κ3) is 6.93. The van der Waals surface area contributed by atoms with Crippen molar-refractivity contribution in [1.82, 2.24) is 15.0 Å². The van der Waals surface area contributed by atoms with Crippen LogP contribution in [0.5, 0.6) is 0 Å². The fourth-order valence-corrected chi connectivity index (χ4v) is 3.07. The average Bonchev–Trinajstić information content (AvgIpc) is 2.46. The van der Waals surface area contributed by atoms with Crippen LogP contribution < -0.4 is 15.4 Å². The van der Waals surface area contributed by atoms with Crippen LogP contribution in [0.15, 0.2) is 47.6 Å². The zero-order valence-corrected chi connectivity index (χ0v) is 15.0. The molecule has 0 saturated heterocycles. The summed E-state index contributed by atoms with van der Waals surface area (Å²) in [5, 5.41) is 5.52. The van der Waals surface area contributed by atoms with Gasteiger partial charge in [-0.15, -0.1) is 0 Å². The second-order valence-corrected chi connectivity index (χ2v) is 7.25. The molecule has 0 fully saturated rings. The first kappa shape index (κ1) is 24.4. The van der Waals surface area contributed by atoms with Crippen molar-refractivity contribution in [2.45, 2.75) is 31.7 Å². The third-order valence-electron chi connectivity index (χ3n) is 3.02. The molecule has 8 nitrogen and oxygen atoms in total. The number of carbonyl (C=O) groups is 1. The van der Waals surface area contributed by atoms with Crippen LogP contribution in [0.25, 0.3) is 0 Å². The molecule has 0 bridgehead atoms. The predicted molar refractivity (Wildman–Crippen MR) is 103 cm³/mol. The number of sulfonamides is 1. The van der Waals surface area contributed by atoms with Crippen molar-refractivity contribution in [3.63, 3.8) is 0 Å². The summed E-state index contributed by atoms with van der Waals surface area (Å²) in [7, 11) is -4.05. The zero-order chi connectivity index (χ0) is 17.7. The van der Waals surface area contributed by atoms with E-state index in [4.69, 9.17) is 0 Å². The number of pyridine rings is 1. The summed E-state index contributed by atoms with van der Waals surface area (Å²) in [4.78, 5) is 15.5. The average molecular weight is 390 g/mol. The van der Waals surface area contributed by atoms with E-state index in [1.165, 1.54) is 18.5 Å². The Morgan fingerprint density at radius 2 is 1.88 bits per heavy atom. The van der Waals surface area contributed by atoms with E-state index >= 15 is 0 Å². The number of carbonyl (C=O) groups excluding carboxylic acids is 1. The van der Waals surface area contributed by atoms with E-state index in [1.807, 2.05) is 35.9 Å². The molecule has 0 aliphatic rings. The number of nitrogens with zero attached hydrogens (tertiary/aromatic N) is 1. The number of aryl methyl sites for hydroxylation is 1. The number of amides is 2. The van der Waals surface area contributed by atoms with Gasteiger partial charge < -0.3 is 16.1 Å². The Hall–Kier alpha value is -1.65. The normalized spacial score (nSPS) is 10.3. The minimum atomic E-state index is -4.05. The van der Waals surface area contributed by atoms with E-state index in [2.05, 4.69) is 15.6 Å². The maximum absolute atomic E-state index is 12.5. The standard InChI is InChI=1S/C16H20N4O3S.Na.H2O.H/c1-11(2)18-16(21)20-24(22,23)15-10-17-8-7-14(15)19-13-6-4-5-12(3)9-13;;;/h4-11H,1-3H3,(H,17,19)(H2,18,20,21);;1H2;. The van der Waals surface area contributed by atoms with Gasteiger partial charge in [0.15, 0.2) is 0 Å². The number of hydrogen-bond acceptors (Lipinski definition) is 5. The molecule has 1 aromatic carbocycles. The van der Waals surface area contributed by atoms with Gasteiger partial charge in [-0.05, 0) is 44.5 Å². The zero-order valence-electron chi connectivity index (χ0n) is 14.2. The SMILES string of the molecule is Cc1cccc(Nc2ccncc2S(=O)(=O)NC(=O)NC(C)C)c1.O.[NaH]. The Balaban J connectivity index is 0.00000312. The van der Waals surface area contributed by atoms with Crippen LogP contribution in [0.2, 0.25) is 0 Å². The van der Waals surface area contributed by atoms with E-state index in [0.717, 1.165) is 11.3 Å². The Morgan fingerprint density at radius 3 is 2.50 bits per heavy atom. The van der Waals surface area contributed by atoms with Crippen molar-refractivity contribution >= 4 is 57.0 Å². The molecule has 0 saturated carbocycles. The van der Waals surface area contributed by atoms with Crippen LogP contribution in [-0.2, 0) is 10.0 Å². The molecule has 26 heavy (non-hydrogen) atoms. The molecular weight excluding hydrogens is 367 g/mol. The molecule has 1 heterocycles. The molecule has 1 aromatic heterocycles. The van der Waals surface area contributed by atoms with E-state index in [-0.39, 0.29) is 46.0 Å². The van der Waals surface area contributed by atoms with E-state index in [9.17, 15) is 13.2 Å². The van der Waals surface area contributed by atoms with E-state index in [0.29, 0.717) is 5.69 Å². The summed E-state index contributed by atoms with van der Waals surface area (Å²) in [6, 6.07) is 8.08. The first-order valence-corrected chi connectivity index (χ1v) is 8.87. The number of aromatic nitrogens is 1. The van der Waals surface area contributed by atoms with Crippen molar-refractivity contribution in [1.29, 1.82) is 0 Å². The van der Waals surface area contributed by atoms with Gasteiger partial charge in [0.2, 0.25) is 0 Å². The number of hydrogen-bond donors (Lipinski definition) is 3. The maximum atomic E-state index is 12.5. The van der Waals surface area contributed by atoms with Crippen LogP contribution in [0.1, 0.15) is 19.4 Å². The minimum absolute atomic E-state index is 0. The van der Waals surface area contributed by atoms with Crippen molar-refractivity contribution in [3.05, 3.63) is 48.3 Å². The molecule has 0 atom stereocenters. The monoisotopic (exact) mass is 390 g/mol. The van der Waals surface area contributed by atoms with Crippen molar-refractivity contribution in [3.8, 4) is 0 Å². The predicted octanol–water partition coefficient (Wildman–Crippen LogP) is 1.06. The van der Waals surface area contributed by atoms with Gasteiger partial charge >= 0.3 is 35.6 Å². The van der Waals surface area contributed by atoms with Gasteiger partial charge in [-0.2, -0.15) is 0 Å². The van der Waals surface area contributed by atoms with E-state index in [1.54, 1.807) is 13.8 Å². The van der Waals surface area contributed by atoms with Crippen LogP contribution in [-0.4, -0.2) is 60.5 Å². The Bertz CT molecular complexity index is 844. The number of anilines is 2. The van der Waals surface area contributed by atoms with Gasteiger partial charge in [-0.3, -0.25) is 4.98 Å². The molecule has 2 rings (SSSR count). The molecule has 0 aliphatic heterocycles. The van der Waals surface area contributed by atoms with Crippen LogP contribution in [0, 0.1) is 6.92 Å². The van der Waals surface area contributed by atoms with Crippen molar-refractivity contribution < 1.29 is 18.7 Å². The Morgan fingerprint density at radius 1 is 1.19 bits per heavy atom. The molecule has 0 aliphatic carbocycles. The van der Waals surface area contributed by atoms with Crippen molar-refractivity contribution in [2.75, 3.05) is 5.32 Å². The number of urea groups is 1. The van der Waals surface area contributed by atoms with Gasteiger partial charge in [-0.1, -0.05) is 12.1 Å². The van der Waals surface area contributed by atoms with E-state index < -0.39 is 16.1 Å². The Kier molecular flexibility index (Phi) is 9.82. The third-order valence-corrected chi connectivity index (χ3v) is 4.38. The topological polar surface area (TPSA) is 132 Å². The second kappa shape index (κ2) is 10.5. The first-order valence-electron chi connectivity index (χ1n) is 7.39. The number of nitrogens with one attached hydrogen (secondary N) is 3. The fraction of sp³-hybridized carbons (Fsp3) is 0.250. The molecular formula is C16H23N4NaO4S. The second-order valence-electron chi connectivity index (χ2n) is 5.60. The van der Waals surface area contributed by atoms with Gasteiger partial charge in [0, 0.05) is 24.1 Å². The van der Waals surface area contributed by atoms with Gasteiger partial charge in [0.05, 0.1) is 5.69 Å². The summed E-state index contributed by atoms with van der Waals surface area (Å²) in [5.74, 6) is 0. The molecule has 0 spiro atoms. The van der Waals surface area contributed by atoms with Crippen LogP contribution >= 0.6 is 0 Å². The van der Waals surface area contributed by atoms with Crippen LogP contribution in [0.3, 0.4) is 0 Å². The molecule has 138 valence electrons. The van der Waals surface area contributed by atoms with Gasteiger partial charge in [-0.25, -0.2) is 17.9 Å². The molecule has 2 aromatic rings. The fourth-order valence-electron chi connectivity index (χ4n) is 2.04. The van der Waals surface area contributed by atoms with Crippen molar-refractivity contribution in [2.24, 2.45) is 0 Å². The molecule has 0 radical (unpaired) electrons. The molecule has 5 N–H and O–H groups in total. The molecule has 0 unspecified atom stereocenters. The molecule has 2 amide bonds.